The number of hydrogen-bond acceptors (Lipinski definition) is 2. The van der Waals surface area contributed by atoms with E-state index in [1.807, 2.05) is 38.1 Å². The van der Waals surface area contributed by atoms with E-state index in [0.717, 1.165) is 33.4 Å². The Bertz CT molecular complexity index is 717. The normalized spacial score (nSPS) is 12.0. The van der Waals surface area contributed by atoms with E-state index in [0.29, 0.717) is 22.2 Å². The minimum atomic E-state index is -0.177. The van der Waals surface area contributed by atoms with Crippen molar-refractivity contribution in [2.45, 2.75) is 51.2 Å². The van der Waals surface area contributed by atoms with Crippen LogP contribution in [-0.2, 0) is 10.7 Å². The van der Waals surface area contributed by atoms with Gasteiger partial charge in [0.2, 0.25) is 0 Å². The number of aromatic hydroxyl groups is 2. The number of phenolic OH excluding ortho intramolecular Hbond substituents is 2. The quantitative estimate of drug-likeness (QED) is 0.490. The lowest BCUT2D eigenvalue weighted by Gasteiger charge is -2.34. The average molecular weight is 470 g/mol. The lowest BCUT2D eigenvalue weighted by Crippen LogP contribution is -2.21. The minimum Gasteiger partial charge on any atom is -0.507 e. The van der Waals surface area contributed by atoms with Gasteiger partial charge >= 0.3 is 0 Å². The number of aryl methyl sites for hydroxylation is 2. The van der Waals surface area contributed by atoms with E-state index in [1.54, 1.807) is 0 Å². The molecule has 0 heterocycles. The summed E-state index contributed by atoms with van der Waals surface area (Å²) in [6, 6.07) is 8.06. The second kappa shape index (κ2) is 7.71. The van der Waals surface area contributed by atoms with Crippen LogP contribution in [0.4, 0.5) is 0 Å². The predicted octanol–water partition coefficient (Wildman–Crippen LogP) is 6.68. The van der Waals surface area contributed by atoms with Crippen LogP contribution < -0.4 is 0 Å². The number of benzene rings is 2. The van der Waals surface area contributed by atoms with E-state index in [4.69, 9.17) is 0 Å². The van der Waals surface area contributed by atoms with Crippen molar-refractivity contribution < 1.29 is 10.2 Å². The molecule has 0 saturated carbocycles. The van der Waals surface area contributed by atoms with Crippen LogP contribution in [-0.4, -0.2) is 10.2 Å². The van der Waals surface area contributed by atoms with Crippen molar-refractivity contribution in [3.63, 3.8) is 0 Å². The van der Waals surface area contributed by atoms with E-state index < -0.39 is 0 Å². The first-order valence-electron chi connectivity index (χ1n) is 8.36. The zero-order chi connectivity index (χ0) is 18.9. The summed E-state index contributed by atoms with van der Waals surface area (Å²) in [5.41, 5.74) is 5.50. The van der Waals surface area contributed by atoms with E-state index >= 15 is 0 Å². The summed E-state index contributed by atoms with van der Waals surface area (Å²) in [4.78, 5) is 0. The second-order valence-corrected chi connectivity index (χ2v) is 8.91. The van der Waals surface area contributed by atoms with E-state index in [2.05, 4.69) is 52.6 Å². The summed E-state index contributed by atoms with van der Waals surface area (Å²) in [7, 11) is 0. The first-order valence-corrected chi connectivity index (χ1v) is 10.6. The monoisotopic (exact) mass is 468 g/mol. The number of alkyl halides is 2. The van der Waals surface area contributed by atoms with Crippen LogP contribution in [0.15, 0.2) is 24.3 Å². The van der Waals surface area contributed by atoms with Crippen molar-refractivity contribution in [2.24, 2.45) is 5.41 Å². The van der Waals surface area contributed by atoms with Gasteiger partial charge in [-0.2, -0.15) is 0 Å². The Hall–Kier alpha value is -1.00. The molecular weight excluding hydrogens is 444 g/mol. The molecule has 0 radical (unpaired) electrons. The Labute approximate surface area is 167 Å². The molecule has 25 heavy (non-hydrogen) atoms. The molecule has 2 aromatic rings. The Kier molecular flexibility index (Phi) is 6.26. The molecule has 0 amide bonds. The first kappa shape index (κ1) is 20.3. The van der Waals surface area contributed by atoms with Gasteiger partial charge in [-0.1, -0.05) is 88.0 Å². The molecule has 0 fully saturated rings. The van der Waals surface area contributed by atoms with Crippen molar-refractivity contribution in [1.82, 2.24) is 0 Å². The van der Waals surface area contributed by atoms with Crippen LogP contribution in [0.5, 0.6) is 11.5 Å². The van der Waals surface area contributed by atoms with Crippen LogP contribution >= 0.6 is 31.9 Å². The van der Waals surface area contributed by atoms with E-state index in [9.17, 15) is 10.2 Å². The molecule has 0 spiro atoms. The Balaban J connectivity index is 2.81. The lowest BCUT2D eigenvalue weighted by molar-refractivity contribution is 0.336. The average Bonchev–Trinajstić information content (AvgIpc) is 2.52. The molecule has 0 unspecified atom stereocenters. The molecule has 0 bridgehead atoms. The fourth-order valence-corrected chi connectivity index (χ4v) is 4.37. The van der Waals surface area contributed by atoms with Crippen molar-refractivity contribution in [1.29, 1.82) is 0 Å². The largest absolute Gasteiger partial charge is 0.507 e. The molecule has 2 rings (SSSR count). The molecule has 4 heteroatoms. The van der Waals surface area contributed by atoms with Crippen LogP contribution in [0.3, 0.4) is 0 Å². The third-order valence-corrected chi connectivity index (χ3v) is 5.71. The maximum Gasteiger partial charge on any atom is 0.123 e. The van der Waals surface area contributed by atoms with Gasteiger partial charge in [0.25, 0.3) is 0 Å². The van der Waals surface area contributed by atoms with Crippen molar-refractivity contribution in [3.8, 4) is 11.5 Å². The fraction of sp³-hybridized carbons (Fsp3) is 0.429. The third kappa shape index (κ3) is 4.22. The summed E-state index contributed by atoms with van der Waals surface area (Å²) < 4.78 is 0. The van der Waals surface area contributed by atoms with Gasteiger partial charge in [-0.25, -0.2) is 0 Å². The maximum atomic E-state index is 10.9. The molecule has 0 aliphatic carbocycles. The number of hydrogen-bond donors (Lipinski definition) is 2. The Morgan fingerprint density at radius 1 is 0.800 bits per heavy atom. The Morgan fingerprint density at radius 2 is 1.16 bits per heavy atom. The molecule has 0 aliphatic rings. The van der Waals surface area contributed by atoms with Gasteiger partial charge in [0.05, 0.1) is 0 Å². The van der Waals surface area contributed by atoms with E-state index in [-0.39, 0.29) is 11.3 Å². The third-order valence-electron chi connectivity index (χ3n) is 4.50. The van der Waals surface area contributed by atoms with Crippen molar-refractivity contribution in [2.75, 3.05) is 0 Å². The van der Waals surface area contributed by atoms with Gasteiger partial charge in [0, 0.05) is 38.8 Å². The SMILES string of the molecule is Cc1cc(CBr)c(O)c(C(c2cc(C)cc(CBr)c2O)C(C)(C)C)c1. The van der Waals surface area contributed by atoms with Gasteiger partial charge in [0.1, 0.15) is 11.5 Å². The number of rotatable bonds is 4. The van der Waals surface area contributed by atoms with Crippen molar-refractivity contribution in [3.05, 3.63) is 57.6 Å². The molecule has 2 N–H and O–H groups in total. The topological polar surface area (TPSA) is 40.5 Å². The van der Waals surface area contributed by atoms with Gasteiger partial charge in [-0.15, -0.1) is 0 Å². The smallest absolute Gasteiger partial charge is 0.123 e. The summed E-state index contributed by atoms with van der Waals surface area (Å²) >= 11 is 6.93. The fourth-order valence-electron chi connectivity index (χ4n) is 3.51. The highest BCUT2D eigenvalue weighted by molar-refractivity contribution is 9.08. The second-order valence-electron chi connectivity index (χ2n) is 7.79. The molecule has 0 saturated heterocycles. The first-order chi connectivity index (χ1) is 11.6. The molecule has 2 nitrogen and oxygen atoms in total. The number of halogens is 2. The van der Waals surface area contributed by atoms with Crippen molar-refractivity contribution >= 4 is 31.9 Å². The summed E-state index contributed by atoms with van der Waals surface area (Å²) in [5.74, 6) is 0.496. The highest BCUT2D eigenvalue weighted by Gasteiger charge is 2.33. The summed E-state index contributed by atoms with van der Waals surface area (Å²) in [5, 5.41) is 22.9. The van der Waals surface area contributed by atoms with Gasteiger partial charge in [-0.3, -0.25) is 0 Å². The standard InChI is InChI=1S/C21H26Br2O2/c1-12-6-14(10-22)19(24)16(8-12)18(21(3,4)5)17-9-13(2)7-15(11-23)20(17)25/h6-9,18,24-25H,10-11H2,1-5H3. The Morgan fingerprint density at radius 3 is 1.44 bits per heavy atom. The lowest BCUT2D eigenvalue weighted by atomic mass is 9.71. The minimum absolute atomic E-state index is 0.122. The van der Waals surface area contributed by atoms with Crippen LogP contribution in [0.1, 0.15) is 60.1 Å². The molecule has 0 atom stereocenters. The van der Waals surface area contributed by atoms with Gasteiger partial charge in [0.15, 0.2) is 0 Å². The zero-order valence-electron chi connectivity index (χ0n) is 15.5. The number of phenols is 2. The van der Waals surface area contributed by atoms with Gasteiger partial charge < -0.3 is 10.2 Å². The van der Waals surface area contributed by atoms with Gasteiger partial charge in [-0.05, 0) is 19.3 Å². The zero-order valence-corrected chi connectivity index (χ0v) is 18.6. The molecule has 0 aliphatic heterocycles. The molecule has 0 aromatic heterocycles. The van der Waals surface area contributed by atoms with Crippen LogP contribution in [0.25, 0.3) is 0 Å². The van der Waals surface area contributed by atoms with Crippen LogP contribution in [0, 0.1) is 19.3 Å². The molecule has 2 aromatic carbocycles. The highest BCUT2D eigenvalue weighted by atomic mass is 79.9. The van der Waals surface area contributed by atoms with E-state index in [1.165, 1.54) is 0 Å². The maximum absolute atomic E-state index is 10.9. The summed E-state index contributed by atoms with van der Waals surface area (Å²) in [6.07, 6.45) is 0. The highest BCUT2D eigenvalue weighted by Crippen LogP contribution is 2.48. The molecular formula is C21H26Br2O2. The molecule has 136 valence electrons. The van der Waals surface area contributed by atoms with Crippen LogP contribution in [0.2, 0.25) is 0 Å². The summed E-state index contributed by atoms with van der Waals surface area (Å²) in [6.45, 7) is 10.5. The predicted molar refractivity (Wildman–Crippen MR) is 112 cm³/mol.